The second-order valence-electron chi connectivity index (χ2n) is 6.86. The van der Waals surface area contributed by atoms with Crippen LogP contribution in [0.15, 0.2) is 0 Å². The molecule has 1 amide bonds. The maximum absolute atomic E-state index is 12.1. The van der Waals surface area contributed by atoms with Crippen molar-refractivity contribution >= 4 is 18.3 Å². The van der Waals surface area contributed by atoms with Crippen molar-refractivity contribution in [2.24, 2.45) is 5.92 Å². The van der Waals surface area contributed by atoms with Crippen LogP contribution in [0.5, 0.6) is 0 Å². The predicted octanol–water partition coefficient (Wildman–Crippen LogP) is 2.01. The van der Waals surface area contributed by atoms with Crippen molar-refractivity contribution in [3.8, 4) is 0 Å². The molecule has 0 radical (unpaired) electrons. The molecule has 0 aromatic carbocycles. The molecular weight excluding hydrogens is 276 g/mol. The maximum Gasteiger partial charge on any atom is 0.220 e. The van der Waals surface area contributed by atoms with Crippen molar-refractivity contribution < 1.29 is 9.53 Å². The van der Waals surface area contributed by atoms with Gasteiger partial charge in [-0.2, -0.15) is 0 Å². The Morgan fingerprint density at radius 3 is 2.65 bits per heavy atom. The molecule has 3 fully saturated rings. The fourth-order valence-corrected chi connectivity index (χ4v) is 3.94. The van der Waals surface area contributed by atoms with Crippen molar-refractivity contribution in [3.05, 3.63) is 0 Å². The van der Waals surface area contributed by atoms with Gasteiger partial charge in [-0.1, -0.05) is 0 Å². The van der Waals surface area contributed by atoms with Gasteiger partial charge in [-0.15, -0.1) is 12.4 Å². The topological polar surface area (TPSA) is 50.4 Å². The number of nitrogens with one attached hydrogen (secondary N) is 2. The van der Waals surface area contributed by atoms with Crippen LogP contribution in [0.1, 0.15) is 51.9 Å². The number of amides is 1. The van der Waals surface area contributed by atoms with Gasteiger partial charge in [0.1, 0.15) is 0 Å². The molecule has 3 unspecified atom stereocenters. The van der Waals surface area contributed by atoms with E-state index in [-0.39, 0.29) is 23.9 Å². The Balaban J connectivity index is 0.00000147. The molecule has 2 N–H and O–H groups in total. The molecule has 3 saturated heterocycles. The smallest absolute Gasteiger partial charge is 0.220 e. The van der Waals surface area contributed by atoms with Crippen molar-refractivity contribution in [1.29, 1.82) is 0 Å². The molecule has 116 valence electrons. The molecule has 0 spiro atoms. The molecule has 3 rings (SSSR count). The van der Waals surface area contributed by atoms with E-state index >= 15 is 0 Å². The lowest BCUT2D eigenvalue weighted by Crippen LogP contribution is -2.42. The zero-order chi connectivity index (χ0) is 13.3. The van der Waals surface area contributed by atoms with E-state index < -0.39 is 0 Å². The van der Waals surface area contributed by atoms with Gasteiger partial charge >= 0.3 is 0 Å². The Hall–Kier alpha value is -0.320. The quantitative estimate of drug-likeness (QED) is 0.835. The van der Waals surface area contributed by atoms with Crippen LogP contribution in [0.25, 0.3) is 0 Å². The summed E-state index contributed by atoms with van der Waals surface area (Å²) in [6.07, 6.45) is 7.83. The second kappa shape index (κ2) is 6.63. The Kier molecular flexibility index (Phi) is 5.32. The summed E-state index contributed by atoms with van der Waals surface area (Å²) in [5.74, 6) is 0.791. The van der Waals surface area contributed by atoms with E-state index in [1.807, 2.05) is 0 Å². The van der Waals surface area contributed by atoms with E-state index in [0.29, 0.717) is 31.0 Å². The van der Waals surface area contributed by atoms with E-state index in [2.05, 4.69) is 17.6 Å². The summed E-state index contributed by atoms with van der Waals surface area (Å²) in [4.78, 5) is 12.1. The maximum atomic E-state index is 12.1. The molecule has 3 atom stereocenters. The minimum Gasteiger partial charge on any atom is -0.373 e. The van der Waals surface area contributed by atoms with Crippen molar-refractivity contribution in [2.45, 2.75) is 69.6 Å². The number of hydrogen-bond donors (Lipinski definition) is 2. The number of ether oxygens (including phenoxy) is 1. The SMILES string of the molecule is CC1(CNC(=O)CC2CC3CCC(C2)N3)CCCO1.Cl. The third kappa shape index (κ3) is 3.86. The van der Waals surface area contributed by atoms with Crippen molar-refractivity contribution in [2.75, 3.05) is 13.2 Å². The summed E-state index contributed by atoms with van der Waals surface area (Å²) in [6.45, 7) is 3.61. The molecule has 0 aromatic heterocycles. The van der Waals surface area contributed by atoms with Gasteiger partial charge in [-0.25, -0.2) is 0 Å². The molecule has 0 aromatic rings. The zero-order valence-electron chi connectivity index (χ0n) is 12.3. The second-order valence-corrected chi connectivity index (χ2v) is 6.86. The summed E-state index contributed by atoms with van der Waals surface area (Å²) in [7, 11) is 0. The standard InChI is InChI=1S/C15H26N2O2.ClH/c1-15(5-2-6-19-15)10-16-14(18)9-11-7-12-3-4-13(8-11)17-12;/h11-13,17H,2-10H2,1H3,(H,16,18);1H. The molecule has 20 heavy (non-hydrogen) atoms. The van der Waals surface area contributed by atoms with Crippen molar-refractivity contribution in [1.82, 2.24) is 10.6 Å². The number of fused-ring (bicyclic) bond motifs is 2. The number of piperidine rings is 1. The molecule has 3 aliphatic rings. The van der Waals surface area contributed by atoms with E-state index in [4.69, 9.17) is 4.74 Å². The largest absolute Gasteiger partial charge is 0.373 e. The van der Waals surface area contributed by atoms with Gasteiger partial charge in [-0.05, 0) is 51.4 Å². The van der Waals surface area contributed by atoms with Crippen LogP contribution in [0.2, 0.25) is 0 Å². The Morgan fingerprint density at radius 2 is 2.05 bits per heavy atom. The summed E-state index contributed by atoms with van der Waals surface area (Å²) >= 11 is 0. The summed E-state index contributed by atoms with van der Waals surface area (Å²) in [5.41, 5.74) is -0.122. The lowest BCUT2D eigenvalue weighted by Gasteiger charge is -2.29. The van der Waals surface area contributed by atoms with Crippen molar-refractivity contribution in [3.63, 3.8) is 0 Å². The molecule has 3 heterocycles. The predicted molar refractivity (Wildman–Crippen MR) is 81.1 cm³/mol. The van der Waals surface area contributed by atoms with Crippen LogP contribution in [0.3, 0.4) is 0 Å². The summed E-state index contributed by atoms with van der Waals surface area (Å²) in [6, 6.07) is 1.35. The number of hydrogen-bond acceptors (Lipinski definition) is 3. The van der Waals surface area contributed by atoms with Crippen LogP contribution in [-0.4, -0.2) is 36.7 Å². The average Bonchev–Trinajstić information content (AvgIpc) is 2.95. The fourth-order valence-electron chi connectivity index (χ4n) is 3.94. The minimum absolute atomic E-state index is 0. The van der Waals surface area contributed by atoms with Crippen LogP contribution >= 0.6 is 12.4 Å². The van der Waals surface area contributed by atoms with Gasteiger partial charge in [0.15, 0.2) is 0 Å². The lowest BCUT2D eigenvalue weighted by atomic mass is 9.89. The molecule has 2 bridgehead atoms. The summed E-state index contributed by atoms with van der Waals surface area (Å²) in [5, 5.41) is 6.70. The highest BCUT2D eigenvalue weighted by Crippen LogP contribution is 2.32. The number of carbonyl (C=O) groups excluding carboxylic acids is 1. The molecule has 0 saturated carbocycles. The zero-order valence-corrected chi connectivity index (χ0v) is 13.1. The highest BCUT2D eigenvalue weighted by atomic mass is 35.5. The van der Waals surface area contributed by atoms with Gasteiger partial charge in [0, 0.05) is 31.7 Å². The van der Waals surface area contributed by atoms with E-state index in [1.54, 1.807) is 0 Å². The first kappa shape index (κ1) is 16.1. The van der Waals surface area contributed by atoms with Gasteiger partial charge in [-0.3, -0.25) is 4.79 Å². The first-order chi connectivity index (χ1) is 9.13. The average molecular weight is 303 g/mol. The molecule has 5 heteroatoms. The Morgan fingerprint density at radius 1 is 1.35 bits per heavy atom. The first-order valence-electron chi connectivity index (χ1n) is 7.80. The summed E-state index contributed by atoms with van der Waals surface area (Å²) < 4.78 is 5.70. The molecule has 3 aliphatic heterocycles. The van der Waals surface area contributed by atoms with Crippen LogP contribution in [-0.2, 0) is 9.53 Å². The Labute approximate surface area is 127 Å². The first-order valence-corrected chi connectivity index (χ1v) is 7.80. The van der Waals surface area contributed by atoms with Gasteiger partial charge in [0.2, 0.25) is 5.91 Å². The molecular formula is C15H27ClN2O2. The molecule has 4 nitrogen and oxygen atoms in total. The van der Waals surface area contributed by atoms with Crippen LogP contribution < -0.4 is 10.6 Å². The van der Waals surface area contributed by atoms with E-state index in [9.17, 15) is 4.79 Å². The number of halogens is 1. The number of rotatable bonds is 4. The van der Waals surface area contributed by atoms with E-state index in [0.717, 1.165) is 19.4 Å². The van der Waals surface area contributed by atoms with Crippen LogP contribution in [0.4, 0.5) is 0 Å². The highest BCUT2D eigenvalue weighted by molar-refractivity contribution is 5.85. The third-order valence-electron chi connectivity index (χ3n) is 5.00. The fraction of sp³-hybridized carbons (Fsp3) is 0.933. The van der Waals surface area contributed by atoms with E-state index in [1.165, 1.54) is 25.7 Å². The monoisotopic (exact) mass is 302 g/mol. The Bertz CT molecular complexity index is 333. The van der Waals surface area contributed by atoms with Crippen LogP contribution in [0, 0.1) is 5.92 Å². The number of carbonyl (C=O) groups is 1. The third-order valence-corrected chi connectivity index (χ3v) is 5.00. The van der Waals surface area contributed by atoms with Gasteiger partial charge < -0.3 is 15.4 Å². The van der Waals surface area contributed by atoms with Gasteiger partial charge in [0.25, 0.3) is 0 Å². The van der Waals surface area contributed by atoms with Gasteiger partial charge in [0.05, 0.1) is 5.60 Å². The molecule has 0 aliphatic carbocycles. The lowest BCUT2D eigenvalue weighted by molar-refractivity contribution is -0.123. The normalized spacial score (nSPS) is 39.4. The minimum atomic E-state index is -0.122. The highest BCUT2D eigenvalue weighted by Gasteiger charge is 2.35.